The molecule has 0 aliphatic rings. The molecule has 0 fully saturated rings. The third-order valence-corrected chi connectivity index (χ3v) is 2.99. The fourth-order valence-corrected chi connectivity index (χ4v) is 1.82. The number of anilines is 1. The van der Waals surface area contributed by atoms with E-state index < -0.39 is 0 Å². The number of benzene rings is 1. The molecule has 2 rings (SSSR count). The maximum Gasteiger partial charge on any atom is 0.256 e. The number of nitrogens with one attached hydrogen (secondary N) is 1. The van der Waals surface area contributed by atoms with Crippen molar-refractivity contribution in [3.05, 3.63) is 48.0 Å². The van der Waals surface area contributed by atoms with E-state index in [1.165, 1.54) is 11.8 Å². The molecular weight excluding hydrogens is 260 g/mol. The van der Waals surface area contributed by atoms with Crippen LogP contribution < -0.4 is 5.32 Å². The fourth-order valence-electron chi connectivity index (χ4n) is 1.35. The number of carbonyl (C=O) groups is 1. The van der Waals surface area contributed by atoms with Crippen LogP contribution in [0.3, 0.4) is 0 Å². The van der Waals surface area contributed by atoms with Crippen LogP contribution in [0, 0.1) is 11.3 Å². The minimum Gasteiger partial charge on any atom is -0.305 e. The highest BCUT2D eigenvalue weighted by Crippen LogP contribution is 2.14. The molecule has 5 nitrogen and oxygen atoms in total. The Kier molecular flexibility index (Phi) is 4.48. The van der Waals surface area contributed by atoms with Crippen LogP contribution in [-0.2, 0) is 0 Å². The molecule has 94 valence electrons. The van der Waals surface area contributed by atoms with E-state index in [9.17, 15) is 4.79 Å². The lowest BCUT2D eigenvalue weighted by molar-refractivity contribution is 0.102. The first-order valence-electron chi connectivity index (χ1n) is 5.49. The molecule has 6 heteroatoms. The first-order chi connectivity index (χ1) is 9.29. The first-order valence-corrected chi connectivity index (χ1v) is 6.48. The molecule has 1 aromatic carbocycles. The number of aromatic nitrogens is 2. The molecule has 0 atom stereocenters. The molecule has 0 spiro atoms. The Labute approximate surface area is 114 Å². The second-order valence-corrected chi connectivity index (χ2v) is 4.52. The second kappa shape index (κ2) is 6.52. The Morgan fingerprint density at radius 1 is 1.21 bits per heavy atom. The summed E-state index contributed by atoms with van der Waals surface area (Å²) in [6.45, 7) is 0. The van der Waals surface area contributed by atoms with Gasteiger partial charge in [0.2, 0.25) is 0 Å². The van der Waals surface area contributed by atoms with E-state index in [-0.39, 0.29) is 5.91 Å². The van der Waals surface area contributed by atoms with Gasteiger partial charge in [-0.25, -0.2) is 0 Å². The highest BCUT2D eigenvalue weighted by atomic mass is 32.2. The number of thioether (sulfide) groups is 1. The molecule has 0 saturated heterocycles. The van der Waals surface area contributed by atoms with Crippen molar-refractivity contribution in [2.75, 3.05) is 11.1 Å². The molecule has 0 radical (unpaired) electrons. The molecule has 0 unspecified atom stereocenters. The molecule has 1 heterocycles. The van der Waals surface area contributed by atoms with Crippen LogP contribution in [0.1, 0.15) is 10.4 Å². The summed E-state index contributed by atoms with van der Waals surface area (Å²) >= 11 is 1.30. The average Bonchev–Trinajstić information content (AvgIpc) is 2.47. The number of nitrogens with zero attached hydrogens (tertiary/aromatic N) is 3. The van der Waals surface area contributed by atoms with Crippen molar-refractivity contribution in [3.8, 4) is 6.07 Å². The van der Waals surface area contributed by atoms with Crippen molar-refractivity contribution in [1.29, 1.82) is 5.26 Å². The van der Waals surface area contributed by atoms with Gasteiger partial charge in [0.05, 0.1) is 11.8 Å². The normalized spacial score (nSPS) is 9.63. The van der Waals surface area contributed by atoms with Crippen LogP contribution in [0.25, 0.3) is 0 Å². The van der Waals surface area contributed by atoms with Crippen molar-refractivity contribution in [2.24, 2.45) is 0 Å². The molecule has 0 saturated carbocycles. The maximum absolute atomic E-state index is 11.8. The van der Waals surface area contributed by atoms with Gasteiger partial charge in [-0.15, -0.1) is 10.2 Å². The number of amides is 1. The molecule has 1 N–H and O–H groups in total. The zero-order chi connectivity index (χ0) is 13.5. The lowest BCUT2D eigenvalue weighted by Gasteiger charge is -2.03. The summed E-state index contributed by atoms with van der Waals surface area (Å²) in [4.78, 5) is 11.8. The van der Waals surface area contributed by atoms with Crippen molar-refractivity contribution in [1.82, 2.24) is 10.2 Å². The summed E-state index contributed by atoms with van der Waals surface area (Å²) in [5.41, 5.74) is 0.562. The lowest BCUT2D eigenvalue weighted by Crippen LogP contribution is -2.13. The predicted octanol–water partition coefficient (Wildman–Crippen LogP) is 2.34. The Bertz CT molecular complexity index is 592. The minimum atomic E-state index is -0.229. The van der Waals surface area contributed by atoms with Crippen molar-refractivity contribution < 1.29 is 4.79 Å². The van der Waals surface area contributed by atoms with Crippen molar-refractivity contribution in [2.45, 2.75) is 5.03 Å². The van der Waals surface area contributed by atoms with E-state index in [0.717, 1.165) is 0 Å². The van der Waals surface area contributed by atoms with Gasteiger partial charge in [0.15, 0.2) is 5.82 Å². The molecular formula is C13H10N4OS. The lowest BCUT2D eigenvalue weighted by atomic mass is 10.2. The van der Waals surface area contributed by atoms with Crippen LogP contribution in [0.5, 0.6) is 0 Å². The summed E-state index contributed by atoms with van der Waals surface area (Å²) < 4.78 is 0. The van der Waals surface area contributed by atoms with Gasteiger partial charge in [0.25, 0.3) is 5.91 Å². The average molecular weight is 270 g/mol. The van der Waals surface area contributed by atoms with Gasteiger partial charge in [0.1, 0.15) is 5.03 Å². The van der Waals surface area contributed by atoms with E-state index >= 15 is 0 Å². The number of hydrogen-bond acceptors (Lipinski definition) is 5. The molecule has 1 amide bonds. The number of carbonyl (C=O) groups excluding carboxylic acids is 1. The number of hydrogen-bond donors (Lipinski definition) is 1. The predicted molar refractivity (Wildman–Crippen MR) is 72.8 cm³/mol. The smallest absolute Gasteiger partial charge is 0.256 e. The Morgan fingerprint density at radius 2 is 2.00 bits per heavy atom. The van der Waals surface area contributed by atoms with Crippen LogP contribution >= 0.6 is 11.8 Å². The van der Waals surface area contributed by atoms with Gasteiger partial charge in [-0.2, -0.15) is 5.26 Å². The van der Waals surface area contributed by atoms with E-state index in [2.05, 4.69) is 15.5 Å². The largest absolute Gasteiger partial charge is 0.305 e. The van der Waals surface area contributed by atoms with Crippen LogP contribution in [0.2, 0.25) is 0 Å². The van der Waals surface area contributed by atoms with E-state index in [1.54, 1.807) is 36.4 Å². The minimum absolute atomic E-state index is 0.229. The van der Waals surface area contributed by atoms with Crippen molar-refractivity contribution >= 4 is 23.5 Å². The van der Waals surface area contributed by atoms with Gasteiger partial charge in [-0.05, 0) is 24.3 Å². The highest BCUT2D eigenvalue weighted by Gasteiger charge is 2.06. The topological polar surface area (TPSA) is 78.7 Å². The zero-order valence-corrected chi connectivity index (χ0v) is 10.7. The standard InChI is InChI=1S/C13H10N4OS/c14-8-9-19-12-7-6-11(16-17-12)15-13(18)10-4-2-1-3-5-10/h1-7H,9H2,(H,15,16,18). The molecule has 0 aliphatic carbocycles. The third kappa shape index (κ3) is 3.79. The SMILES string of the molecule is N#CCSc1ccc(NC(=O)c2ccccc2)nn1. The monoisotopic (exact) mass is 270 g/mol. The van der Waals surface area contributed by atoms with Gasteiger partial charge in [0, 0.05) is 5.56 Å². The Balaban J connectivity index is 2.00. The molecule has 0 aliphatic heterocycles. The van der Waals surface area contributed by atoms with Gasteiger partial charge in [-0.1, -0.05) is 30.0 Å². The first kappa shape index (κ1) is 13.1. The van der Waals surface area contributed by atoms with Gasteiger partial charge >= 0.3 is 0 Å². The van der Waals surface area contributed by atoms with E-state index in [1.807, 2.05) is 12.1 Å². The molecule has 1 aromatic heterocycles. The summed E-state index contributed by atoms with van der Waals surface area (Å²) in [5, 5.41) is 19.6. The summed E-state index contributed by atoms with van der Waals surface area (Å²) in [6.07, 6.45) is 0. The molecule has 2 aromatic rings. The zero-order valence-electron chi connectivity index (χ0n) is 9.91. The summed E-state index contributed by atoms with van der Waals surface area (Å²) in [5.74, 6) is 0.479. The number of rotatable bonds is 4. The third-order valence-electron chi connectivity index (χ3n) is 2.20. The van der Waals surface area contributed by atoms with Crippen LogP contribution in [0.4, 0.5) is 5.82 Å². The van der Waals surface area contributed by atoms with Gasteiger partial charge < -0.3 is 5.32 Å². The summed E-state index contributed by atoms with van der Waals surface area (Å²) in [6, 6.07) is 14.3. The molecule has 19 heavy (non-hydrogen) atoms. The number of nitriles is 1. The maximum atomic E-state index is 11.8. The quantitative estimate of drug-likeness (QED) is 0.863. The summed E-state index contributed by atoms with van der Waals surface area (Å²) in [7, 11) is 0. The van der Waals surface area contributed by atoms with Crippen LogP contribution in [-0.4, -0.2) is 21.9 Å². The van der Waals surface area contributed by atoms with E-state index in [4.69, 9.17) is 5.26 Å². The Morgan fingerprint density at radius 3 is 2.63 bits per heavy atom. The van der Waals surface area contributed by atoms with E-state index in [0.29, 0.717) is 22.2 Å². The Hall–Kier alpha value is -2.39. The van der Waals surface area contributed by atoms with Gasteiger partial charge in [-0.3, -0.25) is 4.79 Å². The second-order valence-electron chi connectivity index (χ2n) is 3.52. The molecule has 0 bridgehead atoms. The van der Waals surface area contributed by atoms with Crippen molar-refractivity contribution in [3.63, 3.8) is 0 Å². The highest BCUT2D eigenvalue weighted by molar-refractivity contribution is 7.99. The van der Waals surface area contributed by atoms with Crippen LogP contribution in [0.15, 0.2) is 47.5 Å². The fraction of sp³-hybridized carbons (Fsp3) is 0.0769.